The zero-order chi connectivity index (χ0) is 15.3. The van der Waals surface area contributed by atoms with Crippen molar-refractivity contribution in [1.82, 2.24) is 5.32 Å². The van der Waals surface area contributed by atoms with E-state index in [0.717, 1.165) is 16.8 Å². The minimum atomic E-state index is -0.852. The maximum absolute atomic E-state index is 12.0. The van der Waals surface area contributed by atoms with Crippen LogP contribution in [0.15, 0.2) is 18.2 Å². The first kappa shape index (κ1) is 16.0. The molecule has 2 N–H and O–H groups in total. The number of aryl methyl sites for hydroxylation is 2. The number of aliphatic carboxylic acids is 1. The monoisotopic (exact) mass is 278 g/mol. The van der Waals surface area contributed by atoms with Crippen molar-refractivity contribution in [2.45, 2.75) is 27.2 Å². The molecule has 1 aromatic rings. The quantitative estimate of drug-likeness (QED) is 0.869. The van der Waals surface area contributed by atoms with Crippen LogP contribution >= 0.6 is 0 Å². The Hall–Kier alpha value is -2.04. The maximum Gasteiger partial charge on any atom is 0.321 e. The highest BCUT2D eigenvalue weighted by Crippen LogP contribution is 2.17. The molecule has 5 heteroatoms. The van der Waals surface area contributed by atoms with Gasteiger partial charge in [0.25, 0.3) is 0 Å². The Balaban J connectivity index is 2.60. The van der Waals surface area contributed by atoms with Gasteiger partial charge in [0.15, 0.2) is 0 Å². The van der Waals surface area contributed by atoms with E-state index in [1.54, 1.807) is 14.0 Å². The van der Waals surface area contributed by atoms with E-state index in [4.69, 9.17) is 5.11 Å². The number of nitrogens with one attached hydrogen (secondary N) is 1. The SMILES string of the molecule is Cc1cc(C)cc(N(C)C(=O)NCC(C)CC(=O)O)c1. The van der Waals surface area contributed by atoms with E-state index in [1.807, 2.05) is 32.0 Å². The largest absolute Gasteiger partial charge is 0.481 e. The van der Waals surface area contributed by atoms with Gasteiger partial charge in [0, 0.05) is 25.7 Å². The molecule has 0 saturated carbocycles. The molecule has 1 atom stereocenters. The molecule has 0 bridgehead atoms. The fraction of sp³-hybridized carbons (Fsp3) is 0.467. The fourth-order valence-electron chi connectivity index (χ4n) is 2.01. The minimum Gasteiger partial charge on any atom is -0.481 e. The van der Waals surface area contributed by atoms with Gasteiger partial charge in [0.2, 0.25) is 0 Å². The van der Waals surface area contributed by atoms with Gasteiger partial charge in [-0.25, -0.2) is 4.79 Å². The number of rotatable bonds is 5. The number of carbonyl (C=O) groups is 2. The Morgan fingerprint density at radius 1 is 1.25 bits per heavy atom. The molecule has 5 nitrogen and oxygen atoms in total. The zero-order valence-electron chi connectivity index (χ0n) is 12.4. The summed E-state index contributed by atoms with van der Waals surface area (Å²) in [6.07, 6.45) is 0.0492. The molecule has 0 heterocycles. The number of carboxylic acid groups (broad SMARTS) is 1. The predicted octanol–water partition coefficient (Wildman–Crippen LogP) is 2.56. The third-order valence-electron chi connectivity index (χ3n) is 3.02. The normalized spacial score (nSPS) is 11.8. The van der Waals surface area contributed by atoms with Gasteiger partial charge in [0.1, 0.15) is 0 Å². The lowest BCUT2D eigenvalue weighted by Crippen LogP contribution is -2.39. The highest BCUT2D eigenvalue weighted by molar-refractivity contribution is 5.91. The second-order valence-corrected chi connectivity index (χ2v) is 5.29. The molecule has 0 aliphatic heterocycles. The average Bonchev–Trinajstić information content (AvgIpc) is 2.33. The van der Waals surface area contributed by atoms with Crippen molar-refractivity contribution in [1.29, 1.82) is 0 Å². The molecule has 0 aliphatic rings. The summed E-state index contributed by atoms with van der Waals surface area (Å²) >= 11 is 0. The van der Waals surface area contributed by atoms with E-state index in [1.165, 1.54) is 4.90 Å². The lowest BCUT2D eigenvalue weighted by atomic mass is 10.1. The van der Waals surface area contributed by atoms with Crippen LogP contribution < -0.4 is 10.2 Å². The molecule has 0 aliphatic carbocycles. The van der Waals surface area contributed by atoms with Crippen LogP contribution in [0.5, 0.6) is 0 Å². The van der Waals surface area contributed by atoms with E-state index >= 15 is 0 Å². The molecule has 2 amide bonds. The number of benzene rings is 1. The van der Waals surface area contributed by atoms with Crippen LogP contribution in [0, 0.1) is 19.8 Å². The van der Waals surface area contributed by atoms with Crippen molar-refractivity contribution in [2.24, 2.45) is 5.92 Å². The molecule has 110 valence electrons. The second-order valence-electron chi connectivity index (χ2n) is 5.29. The molecule has 0 saturated heterocycles. The summed E-state index contributed by atoms with van der Waals surface area (Å²) in [5, 5.41) is 11.4. The summed E-state index contributed by atoms with van der Waals surface area (Å²) < 4.78 is 0. The molecule has 0 radical (unpaired) electrons. The molecular formula is C15H22N2O3. The third kappa shape index (κ3) is 4.91. The highest BCUT2D eigenvalue weighted by Gasteiger charge is 2.13. The first-order valence-electron chi connectivity index (χ1n) is 6.61. The van der Waals surface area contributed by atoms with Crippen molar-refractivity contribution in [3.8, 4) is 0 Å². The van der Waals surface area contributed by atoms with Gasteiger partial charge in [-0.3, -0.25) is 9.69 Å². The zero-order valence-corrected chi connectivity index (χ0v) is 12.4. The summed E-state index contributed by atoms with van der Waals surface area (Å²) in [5.41, 5.74) is 3.02. The van der Waals surface area contributed by atoms with Gasteiger partial charge < -0.3 is 10.4 Å². The Morgan fingerprint density at radius 2 is 1.80 bits per heavy atom. The number of nitrogens with zero attached hydrogens (tertiary/aromatic N) is 1. The molecular weight excluding hydrogens is 256 g/mol. The Morgan fingerprint density at radius 3 is 2.30 bits per heavy atom. The molecule has 1 rings (SSSR count). The Kier molecular flexibility index (Phi) is 5.55. The lowest BCUT2D eigenvalue weighted by molar-refractivity contribution is -0.137. The third-order valence-corrected chi connectivity index (χ3v) is 3.02. The summed E-state index contributed by atoms with van der Waals surface area (Å²) in [4.78, 5) is 24.1. The van der Waals surface area contributed by atoms with Gasteiger partial charge in [-0.15, -0.1) is 0 Å². The highest BCUT2D eigenvalue weighted by atomic mass is 16.4. The number of amides is 2. The van der Waals surface area contributed by atoms with Crippen LogP contribution in [0.2, 0.25) is 0 Å². The van der Waals surface area contributed by atoms with E-state index in [-0.39, 0.29) is 18.4 Å². The molecule has 20 heavy (non-hydrogen) atoms. The number of anilines is 1. The van der Waals surface area contributed by atoms with Crippen LogP contribution in [-0.2, 0) is 4.79 Å². The van der Waals surface area contributed by atoms with Crippen LogP contribution in [0.25, 0.3) is 0 Å². The van der Waals surface area contributed by atoms with Crippen molar-refractivity contribution in [3.05, 3.63) is 29.3 Å². The van der Waals surface area contributed by atoms with Gasteiger partial charge in [0.05, 0.1) is 0 Å². The van der Waals surface area contributed by atoms with E-state index in [9.17, 15) is 9.59 Å². The standard InChI is InChI=1S/C15H22N2O3/c1-10-5-11(2)7-13(6-10)17(4)15(20)16-9-12(3)8-14(18)19/h5-7,12H,8-9H2,1-4H3,(H,16,20)(H,18,19). The van der Waals surface area contributed by atoms with Gasteiger partial charge >= 0.3 is 12.0 Å². The van der Waals surface area contributed by atoms with E-state index < -0.39 is 5.97 Å². The van der Waals surface area contributed by atoms with Crippen molar-refractivity contribution in [3.63, 3.8) is 0 Å². The lowest BCUT2D eigenvalue weighted by Gasteiger charge is -2.20. The number of hydrogen-bond acceptors (Lipinski definition) is 2. The maximum atomic E-state index is 12.0. The van der Waals surface area contributed by atoms with E-state index in [0.29, 0.717) is 6.54 Å². The van der Waals surface area contributed by atoms with Crippen molar-refractivity contribution >= 4 is 17.7 Å². The first-order chi connectivity index (χ1) is 9.29. The van der Waals surface area contributed by atoms with Crippen molar-refractivity contribution in [2.75, 3.05) is 18.5 Å². The number of hydrogen-bond donors (Lipinski definition) is 2. The minimum absolute atomic E-state index is 0.0492. The topological polar surface area (TPSA) is 69.6 Å². The number of carboxylic acids is 1. The molecule has 0 spiro atoms. The Bertz CT molecular complexity index is 480. The predicted molar refractivity (Wildman–Crippen MR) is 79.1 cm³/mol. The smallest absolute Gasteiger partial charge is 0.321 e. The van der Waals surface area contributed by atoms with Crippen LogP contribution in [0.3, 0.4) is 0 Å². The van der Waals surface area contributed by atoms with Gasteiger partial charge in [-0.1, -0.05) is 13.0 Å². The van der Waals surface area contributed by atoms with Crippen LogP contribution in [0.1, 0.15) is 24.5 Å². The number of carbonyl (C=O) groups excluding carboxylic acids is 1. The fourth-order valence-corrected chi connectivity index (χ4v) is 2.01. The molecule has 0 fully saturated rings. The summed E-state index contributed by atoms with van der Waals surface area (Å²) in [7, 11) is 1.70. The summed E-state index contributed by atoms with van der Waals surface area (Å²) in [5.74, 6) is -0.946. The van der Waals surface area contributed by atoms with Gasteiger partial charge in [-0.2, -0.15) is 0 Å². The first-order valence-corrected chi connectivity index (χ1v) is 6.61. The van der Waals surface area contributed by atoms with Crippen LogP contribution in [0.4, 0.5) is 10.5 Å². The van der Waals surface area contributed by atoms with Crippen LogP contribution in [-0.4, -0.2) is 30.7 Å². The van der Waals surface area contributed by atoms with Gasteiger partial charge in [-0.05, 0) is 43.0 Å². The number of urea groups is 1. The second kappa shape index (κ2) is 6.93. The van der Waals surface area contributed by atoms with Crippen molar-refractivity contribution < 1.29 is 14.7 Å². The summed E-state index contributed by atoms with van der Waals surface area (Å²) in [6.45, 7) is 6.11. The summed E-state index contributed by atoms with van der Waals surface area (Å²) in [6, 6.07) is 5.69. The average molecular weight is 278 g/mol. The van der Waals surface area contributed by atoms with E-state index in [2.05, 4.69) is 5.32 Å². The molecule has 1 aromatic carbocycles. The molecule has 1 unspecified atom stereocenters. The Labute approximate surface area is 119 Å². The molecule has 0 aromatic heterocycles.